The lowest BCUT2D eigenvalue weighted by Crippen LogP contribution is -2.29. The van der Waals surface area contributed by atoms with Gasteiger partial charge in [0.25, 0.3) is 11.5 Å². The summed E-state index contributed by atoms with van der Waals surface area (Å²) in [4.78, 5) is 38.8. The van der Waals surface area contributed by atoms with Crippen molar-refractivity contribution >= 4 is 17.3 Å². The largest absolute Gasteiger partial charge is 0.385 e. The molecule has 3 rings (SSSR count). The molecule has 0 saturated carbocycles. The molecule has 1 aliphatic heterocycles. The quantitative estimate of drug-likeness (QED) is 0.651. The molecule has 0 bridgehead atoms. The van der Waals surface area contributed by atoms with E-state index in [0.29, 0.717) is 5.69 Å². The zero-order valence-corrected chi connectivity index (χ0v) is 11.2. The number of nitrogens with one attached hydrogen (secondary N) is 4. The normalized spacial score (nSPS) is 13.1. The third kappa shape index (κ3) is 2.71. The van der Waals surface area contributed by atoms with Crippen molar-refractivity contribution in [2.45, 2.75) is 12.8 Å². The topological polar surface area (TPSA) is 107 Å². The van der Waals surface area contributed by atoms with Gasteiger partial charge in [0.2, 0.25) is 0 Å². The highest BCUT2D eigenvalue weighted by atomic mass is 16.2. The molecule has 7 heteroatoms. The van der Waals surface area contributed by atoms with Crippen LogP contribution in [-0.2, 0) is 6.42 Å². The lowest BCUT2D eigenvalue weighted by atomic mass is 10.0. The Morgan fingerprint density at radius 3 is 2.90 bits per heavy atom. The number of fused-ring (bicyclic) bond motifs is 1. The Bertz CT molecular complexity index is 806. The number of aromatic nitrogens is 2. The highest BCUT2D eigenvalue weighted by Gasteiger charge is 2.13. The van der Waals surface area contributed by atoms with E-state index in [9.17, 15) is 14.4 Å². The summed E-state index contributed by atoms with van der Waals surface area (Å²) in [5.41, 5.74) is 1.33. The van der Waals surface area contributed by atoms with Crippen molar-refractivity contribution in [3.63, 3.8) is 0 Å². The highest BCUT2D eigenvalue weighted by Crippen LogP contribution is 2.25. The summed E-state index contributed by atoms with van der Waals surface area (Å²) in [5, 5.41) is 5.94. The maximum absolute atomic E-state index is 12.0. The van der Waals surface area contributed by atoms with Gasteiger partial charge in [-0.15, -0.1) is 0 Å². The van der Waals surface area contributed by atoms with Crippen molar-refractivity contribution < 1.29 is 4.79 Å². The van der Waals surface area contributed by atoms with E-state index < -0.39 is 17.2 Å². The van der Waals surface area contributed by atoms with Crippen molar-refractivity contribution in [3.8, 4) is 0 Å². The molecule has 0 spiro atoms. The van der Waals surface area contributed by atoms with E-state index in [2.05, 4.69) is 15.6 Å². The Balaban J connectivity index is 1.84. The average molecular weight is 286 g/mol. The molecule has 21 heavy (non-hydrogen) atoms. The second-order valence-corrected chi connectivity index (χ2v) is 4.84. The highest BCUT2D eigenvalue weighted by molar-refractivity contribution is 6.03. The minimum absolute atomic E-state index is 0.134. The van der Waals surface area contributed by atoms with Crippen molar-refractivity contribution in [2.75, 3.05) is 17.2 Å². The first-order valence-corrected chi connectivity index (χ1v) is 6.63. The molecule has 2 aromatic rings. The van der Waals surface area contributed by atoms with Crippen LogP contribution in [-0.4, -0.2) is 22.4 Å². The van der Waals surface area contributed by atoms with Gasteiger partial charge >= 0.3 is 5.69 Å². The lowest BCUT2D eigenvalue weighted by molar-refractivity contribution is 0.102. The fourth-order valence-corrected chi connectivity index (χ4v) is 2.33. The first-order chi connectivity index (χ1) is 10.1. The number of H-pyrrole nitrogens is 2. The molecule has 0 fully saturated rings. The average Bonchev–Trinajstić information content (AvgIpc) is 2.47. The molecule has 0 radical (unpaired) electrons. The van der Waals surface area contributed by atoms with Crippen LogP contribution >= 0.6 is 0 Å². The summed E-state index contributed by atoms with van der Waals surface area (Å²) in [5.74, 6) is -0.559. The molecule has 4 N–H and O–H groups in total. The number of carbonyl (C=O) groups excluding carboxylic acids is 1. The number of hydrogen-bond donors (Lipinski definition) is 4. The van der Waals surface area contributed by atoms with Crippen LogP contribution in [0.4, 0.5) is 11.4 Å². The van der Waals surface area contributed by atoms with Gasteiger partial charge in [-0.05, 0) is 36.6 Å². The standard InChI is InChI=1S/C14H14N4O3/c19-12(10-7-16-14(21)18-13(10)20)17-9-3-4-11-8(6-9)2-1-5-15-11/h3-4,6-7,15H,1-2,5H2,(H,17,19)(H2,16,18,20,21). The van der Waals surface area contributed by atoms with Crippen LogP contribution in [0.2, 0.25) is 0 Å². The molecular formula is C14H14N4O3. The third-order valence-corrected chi connectivity index (χ3v) is 3.37. The number of aromatic amines is 2. The molecule has 1 aromatic carbocycles. The van der Waals surface area contributed by atoms with Crippen LogP contribution < -0.4 is 21.9 Å². The van der Waals surface area contributed by atoms with Crippen LogP contribution in [0.1, 0.15) is 22.3 Å². The number of hydrogen-bond acceptors (Lipinski definition) is 4. The van der Waals surface area contributed by atoms with Gasteiger partial charge in [-0.3, -0.25) is 14.6 Å². The second kappa shape index (κ2) is 5.28. The maximum Gasteiger partial charge on any atom is 0.325 e. The SMILES string of the molecule is O=C(Nc1ccc2c(c1)CCCN2)c1c[nH]c(=O)[nH]c1=O. The summed E-state index contributed by atoms with van der Waals surface area (Å²) in [6.07, 6.45) is 3.10. The number of amides is 1. The fraction of sp³-hybridized carbons (Fsp3) is 0.214. The summed E-state index contributed by atoms with van der Waals surface area (Å²) >= 11 is 0. The first kappa shape index (κ1) is 13.2. The zero-order valence-electron chi connectivity index (χ0n) is 11.2. The molecule has 7 nitrogen and oxygen atoms in total. The van der Waals surface area contributed by atoms with E-state index in [0.717, 1.165) is 36.8 Å². The molecule has 0 aliphatic carbocycles. The molecule has 0 saturated heterocycles. The first-order valence-electron chi connectivity index (χ1n) is 6.63. The van der Waals surface area contributed by atoms with Gasteiger partial charge < -0.3 is 15.6 Å². The van der Waals surface area contributed by atoms with Crippen molar-refractivity contribution in [3.05, 3.63) is 56.4 Å². The second-order valence-electron chi connectivity index (χ2n) is 4.84. The van der Waals surface area contributed by atoms with Crippen LogP contribution in [0.3, 0.4) is 0 Å². The van der Waals surface area contributed by atoms with Gasteiger partial charge in [0.05, 0.1) is 0 Å². The summed E-state index contributed by atoms with van der Waals surface area (Å²) in [6, 6.07) is 5.56. The van der Waals surface area contributed by atoms with E-state index in [1.54, 1.807) is 6.07 Å². The van der Waals surface area contributed by atoms with Crippen molar-refractivity contribution in [1.29, 1.82) is 0 Å². The maximum atomic E-state index is 12.0. The smallest absolute Gasteiger partial charge is 0.325 e. The zero-order chi connectivity index (χ0) is 14.8. The van der Waals surface area contributed by atoms with E-state index in [1.165, 1.54) is 0 Å². The summed E-state index contributed by atoms with van der Waals surface area (Å²) < 4.78 is 0. The third-order valence-electron chi connectivity index (χ3n) is 3.37. The molecule has 2 heterocycles. The van der Waals surface area contributed by atoms with Gasteiger partial charge in [0.1, 0.15) is 5.56 Å². The number of benzene rings is 1. The van der Waals surface area contributed by atoms with E-state index in [4.69, 9.17) is 0 Å². The molecule has 0 unspecified atom stereocenters. The Hall–Kier alpha value is -2.83. The predicted molar refractivity (Wildman–Crippen MR) is 78.9 cm³/mol. The Kier molecular flexibility index (Phi) is 3.31. The Morgan fingerprint density at radius 1 is 1.24 bits per heavy atom. The van der Waals surface area contributed by atoms with Gasteiger partial charge in [0, 0.05) is 24.1 Å². The minimum Gasteiger partial charge on any atom is -0.385 e. The summed E-state index contributed by atoms with van der Waals surface area (Å²) in [6.45, 7) is 0.950. The minimum atomic E-state index is -0.712. The Labute approximate surface area is 119 Å². The number of aryl methyl sites for hydroxylation is 1. The predicted octanol–water partition coefficient (Wildman–Crippen LogP) is 0.674. The molecule has 0 atom stereocenters. The van der Waals surface area contributed by atoms with Crippen LogP contribution in [0.5, 0.6) is 0 Å². The fourth-order valence-electron chi connectivity index (χ4n) is 2.33. The monoisotopic (exact) mass is 286 g/mol. The molecule has 108 valence electrons. The Morgan fingerprint density at radius 2 is 2.10 bits per heavy atom. The van der Waals surface area contributed by atoms with Gasteiger partial charge in [0.15, 0.2) is 0 Å². The molecule has 1 aliphatic rings. The van der Waals surface area contributed by atoms with E-state index in [1.807, 2.05) is 17.1 Å². The lowest BCUT2D eigenvalue weighted by Gasteiger charge is -2.18. The summed E-state index contributed by atoms with van der Waals surface area (Å²) in [7, 11) is 0. The van der Waals surface area contributed by atoms with E-state index >= 15 is 0 Å². The van der Waals surface area contributed by atoms with Crippen molar-refractivity contribution in [2.24, 2.45) is 0 Å². The number of anilines is 2. The van der Waals surface area contributed by atoms with Gasteiger partial charge in [-0.25, -0.2) is 4.79 Å². The van der Waals surface area contributed by atoms with Crippen LogP contribution in [0.15, 0.2) is 34.0 Å². The van der Waals surface area contributed by atoms with Gasteiger partial charge in [-0.2, -0.15) is 0 Å². The van der Waals surface area contributed by atoms with E-state index in [-0.39, 0.29) is 5.56 Å². The van der Waals surface area contributed by atoms with Gasteiger partial charge in [-0.1, -0.05) is 0 Å². The van der Waals surface area contributed by atoms with Crippen molar-refractivity contribution in [1.82, 2.24) is 9.97 Å². The van der Waals surface area contributed by atoms with Crippen LogP contribution in [0, 0.1) is 0 Å². The molecule has 1 aromatic heterocycles. The van der Waals surface area contributed by atoms with Crippen LogP contribution in [0.25, 0.3) is 0 Å². The molecule has 1 amide bonds. The molecular weight excluding hydrogens is 272 g/mol. The number of carbonyl (C=O) groups is 1. The number of rotatable bonds is 2.